The van der Waals surface area contributed by atoms with Crippen LogP contribution in [0, 0.1) is 0 Å². The molecule has 0 aliphatic heterocycles. The van der Waals surface area contributed by atoms with Crippen LogP contribution in [-0.2, 0) is 11.9 Å². The van der Waals surface area contributed by atoms with Crippen LogP contribution in [0.3, 0.4) is 0 Å². The summed E-state index contributed by atoms with van der Waals surface area (Å²) in [5, 5.41) is 5.12. The van der Waals surface area contributed by atoms with Crippen LogP contribution < -0.4 is 4.74 Å². The Morgan fingerprint density at radius 2 is 2.06 bits per heavy atom. The summed E-state index contributed by atoms with van der Waals surface area (Å²) in [7, 11) is 5.23. The Kier molecular flexibility index (Phi) is 3.04. The molecule has 4 heteroatoms. The Bertz CT molecular complexity index is 570. The van der Waals surface area contributed by atoms with E-state index in [0.29, 0.717) is 0 Å². The van der Waals surface area contributed by atoms with Gasteiger partial charge in [-0.05, 0) is 19.1 Å². The third kappa shape index (κ3) is 1.98. The van der Waals surface area contributed by atoms with Gasteiger partial charge in [0.25, 0.3) is 0 Å². The van der Waals surface area contributed by atoms with Gasteiger partial charge in [0.2, 0.25) is 0 Å². The molecule has 0 radical (unpaired) electrons. The van der Waals surface area contributed by atoms with Crippen LogP contribution in [0.15, 0.2) is 29.6 Å². The molecule has 2 aromatic rings. The standard InChI is InChI=1S/C13H16N2O2/c1-9(14-17-4)12-8-15(2)13-7-10(16-3)5-6-11(12)13/h5-8H,1-4H3. The Labute approximate surface area is 100 Å². The quantitative estimate of drug-likeness (QED) is 0.602. The molecule has 0 bridgehead atoms. The van der Waals surface area contributed by atoms with E-state index < -0.39 is 0 Å². The minimum Gasteiger partial charge on any atom is -0.497 e. The second kappa shape index (κ2) is 4.49. The molecule has 4 nitrogen and oxygen atoms in total. The first-order chi connectivity index (χ1) is 8.17. The first-order valence-corrected chi connectivity index (χ1v) is 5.38. The normalized spacial score (nSPS) is 11.9. The average molecular weight is 232 g/mol. The summed E-state index contributed by atoms with van der Waals surface area (Å²) >= 11 is 0. The Balaban J connectivity index is 2.64. The maximum absolute atomic E-state index is 5.23. The molecule has 1 aromatic heterocycles. The van der Waals surface area contributed by atoms with Crippen molar-refractivity contribution >= 4 is 16.6 Å². The highest BCUT2D eigenvalue weighted by atomic mass is 16.6. The third-order valence-electron chi connectivity index (χ3n) is 2.82. The molecule has 0 atom stereocenters. The molecule has 17 heavy (non-hydrogen) atoms. The Morgan fingerprint density at radius 1 is 1.29 bits per heavy atom. The highest BCUT2D eigenvalue weighted by Crippen LogP contribution is 2.25. The number of oxime groups is 1. The van der Waals surface area contributed by atoms with Crippen LogP contribution in [0.4, 0.5) is 0 Å². The number of rotatable bonds is 3. The molecule has 0 unspecified atom stereocenters. The molecule has 0 spiro atoms. The van der Waals surface area contributed by atoms with Crippen molar-refractivity contribution < 1.29 is 9.57 Å². The van der Waals surface area contributed by atoms with Crippen LogP contribution in [-0.4, -0.2) is 24.5 Å². The van der Waals surface area contributed by atoms with Crippen molar-refractivity contribution in [2.24, 2.45) is 12.2 Å². The van der Waals surface area contributed by atoms with E-state index in [0.717, 1.165) is 27.9 Å². The van der Waals surface area contributed by atoms with Crippen molar-refractivity contribution in [2.75, 3.05) is 14.2 Å². The Hall–Kier alpha value is -1.97. The largest absolute Gasteiger partial charge is 0.497 e. The van der Waals surface area contributed by atoms with Gasteiger partial charge in [-0.15, -0.1) is 0 Å². The summed E-state index contributed by atoms with van der Waals surface area (Å²) in [4.78, 5) is 4.82. The number of fused-ring (bicyclic) bond motifs is 1. The fourth-order valence-electron chi connectivity index (χ4n) is 1.97. The molecule has 1 heterocycles. The van der Waals surface area contributed by atoms with Gasteiger partial charge in [0, 0.05) is 30.3 Å². The summed E-state index contributed by atoms with van der Waals surface area (Å²) in [6.45, 7) is 1.93. The van der Waals surface area contributed by atoms with Gasteiger partial charge in [-0.2, -0.15) is 0 Å². The van der Waals surface area contributed by atoms with Crippen LogP contribution >= 0.6 is 0 Å². The molecule has 0 fully saturated rings. The van der Waals surface area contributed by atoms with Gasteiger partial charge in [-0.1, -0.05) is 5.16 Å². The molecule has 0 saturated carbocycles. The molecule has 0 N–H and O–H groups in total. The van der Waals surface area contributed by atoms with Crippen molar-refractivity contribution in [3.05, 3.63) is 30.0 Å². The van der Waals surface area contributed by atoms with E-state index in [-0.39, 0.29) is 0 Å². The maximum Gasteiger partial charge on any atom is 0.120 e. The monoisotopic (exact) mass is 232 g/mol. The summed E-state index contributed by atoms with van der Waals surface area (Å²) in [6, 6.07) is 6.00. The van der Waals surface area contributed by atoms with Gasteiger partial charge in [0.1, 0.15) is 12.9 Å². The summed E-state index contributed by atoms with van der Waals surface area (Å²) in [5.74, 6) is 0.853. The van der Waals surface area contributed by atoms with Crippen LogP contribution in [0.1, 0.15) is 12.5 Å². The van der Waals surface area contributed by atoms with E-state index in [4.69, 9.17) is 9.57 Å². The molecule has 0 saturated heterocycles. The average Bonchev–Trinajstić information content (AvgIpc) is 2.67. The lowest BCUT2D eigenvalue weighted by atomic mass is 10.1. The van der Waals surface area contributed by atoms with E-state index in [2.05, 4.69) is 9.72 Å². The zero-order valence-corrected chi connectivity index (χ0v) is 10.5. The molecular formula is C13H16N2O2. The number of aromatic nitrogens is 1. The van der Waals surface area contributed by atoms with Gasteiger partial charge in [-0.3, -0.25) is 0 Å². The lowest BCUT2D eigenvalue weighted by molar-refractivity contribution is 0.213. The highest BCUT2D eigenvalue weighted by molar-refractivity contribution is 6.09. The number of nitrogens with zero attached hydrogens (tertiary/aromatic N) is 2. The second-order valence-corrected chi connectivity index (χ2v) is 3.90. The molecule has 0 aliphatic rings. The van der Waals surface area contributed by atoms with Crippen molar-refractivity contribution in [1.82, 2.24) is 4.57 Å². The molecule has 0 amide bonds. The van der Waals surface area contributed by atoms with Crippen molar-refractivity contribution in [3.63, 3.8) is 0 Å². The number of hydrogen-bond acceptors (Lipinski definition) is 3. The van der Waals surface area contributed by atoms with Crippen LogP contribution in [0.2, 0.25) is 0 Å². The lowest BCUT2D eigenvalue weighted by Gasteiger charge is -2.01. The van der Waals surface area contributed by atoms with Gasteiger partial charge in [0.05, 0.1) is 18.3 Å². The molecule has 2 rings (SSSR count). The van der Waals surface area contributed by atoms with Crippen LogP contribution in [0.25, 0.3) is 10.9 Å². The van der Waals surface area contributed by atoms with Gasteiger partial charge in [-0.25, -0.2) is 0 Å². The first-order valence-electron chi connectivity index (χ1n) is 5.38. The minimum absolute atomic E-state index is 0.853. The maximum atomic E-state index is 5.23. The summed E-state index contributed by atoms with van der Waals surface area (Å²) in [6.07, 6.45) is 2.04. The zero-order valence-electron chi connectivity index (χ0n) is 10.5. The van der Waals surface area contributed by atoms with Crippen molar-refractivity contribution in [2.45, 2.75) is 6.92 Å². The number of aryl methyl sites for hydroxylation is 1. The molecule has 90 valence electrons. The van der Waals surface area contributed by atoms with Gasteiger partial charge < -0.3 is 14.1 Å². The van der Waals surface area contributed by atoms with Gasteiger partial charge >= 0.3 is 0 Å². The lowest BCUT2D eigenvalue weighted by Crippen LogP contribution is -1.93. The second-order valence-electron chi connectivity index (χ2n) is 3.90. The predicted octanol–water partition coefficient (Wildman–Crippen LogP) is 2.56. The number of benzene rings is 1. The third-order valence-corrected chi connectivity index (χ3v) is 2.82. The van der Waals surface area contributed by atoms with E-state index >= 15 is 0 Å². The smallest absolute Gasteiger partial charge is 0.120 e. The number of ether oxygens (including phenoxy) is 1. The summed E-state index contributed by atoms with van der Waals surface area (Å²) < 4.78 is 7.28. The van der Waals surface area contributed by atoms with Gasteiger partial charge in [0.15, 0.2) is 0 Å². The Morgan fingerprint density at radius 3 is 2.71 bits per heavy atom. The first kappa shape index (κ1) is 11.5. The van der Waals surface area contributed by atoms with E-state index in [1.54, 1.807) is 14.2 Å². The van der Waals surface area contributed by atoms with Crippen LogP contribution in [0.5, 0.6) is 5.75 Å². The SMILES string of the molecule is CON=C(C)c1cn(C)c2cc(OC)ccc12. The van der Waals surface area contributed by atoms with E-state index in [1.165, 1.54) is 0 Å². The molecular weight excluding hydrogens is 216 g/mol. The predicted molar refractivity (Wildman–Crippen MR) is 68.7 cm³/mol. The molecule has 1 aromatic carbocycles. The summed E-state index contributed by atoms with van der Waals surface area (Å²) in [5.41, 5.74) is 3.06. The fraction of sp³-hybridized carbons (Fsp3) is 0.308. The van der Waals surface area contributed by atoms with Crippen molar-refractivity contribution in [3.8, 4) is 5.75 Å². The fourth-order valence-corrected chi connectivity index (χ4v) is 1.97. The number of hydrogen-bond donors (Lipinski definition) is 0. The van der Waals surface area contributed by atoms with E-state index in [9.17, 15) is 0 Å². The molecule has 0 aliphatic carbocycles. The van der Waals surface area contributed by atoms with E-state index in [1.807, 2.05) is 38.4 Å². The minimum atomic E-state index is 0.853. The topological polar surface area (TPSA) is 35.8 Å². The number of methoxy groups -OCH3 is 1. The highest BCUT2D eigenvalue weighted by Gasteiger charge is 2.10. The van der Waals surface area contributed by atoms with Crippen molar-refractivity contribution in [1.29, 1.82) is 0 Å². The zero-order chi connectivity index (χ0) is 12.4.